The summed E-state index contributed by atoms with van der Waals surface area (Å²) in [7, 11) is 1.79. The molecule has 0 saturated heterocycles. The van der Waals surface area contributed by atoms with Crippen LogP contribution in [-0.2, 0) is 7.05 Å². The number of non-ortho nitro benzene ring substituents is 1. The van der Waals surface area contributed by atoms with Crippen molar-refractivity contribution in [3.8, 4) is 11.3 Å². The molecule has 0 atom stereocenters. The molecule has 0 unspecified atom stereocenters. The first kappa shape index (κ1) is 14.8. The Kier molecular flexibility index (Phi) is 3.04. The Bertz CT molecular complexity index is 1160. The van der Waals surface area contributed by atoms with Crippen molar-refractivity contribution in [3.63, 3.8) is 0 Å². The van der Waals surface area contributed by atoms with Gasteiger partial charge in [-0.1, -0.05) is 12.1 Å². The van der Waals surface area contributed by atoms with Crippen LogP contribution in [0.3, 0.4) is 0 Å². The molecule has 0 aliphatic carbocycles. The van der Waals surface area contributed by atoms with E-state index in [2.05, 4.69) is 4.98 Å². The lowest BCUT2D eigenvalue weighted by Gasteiger charge is -1.99. The van der Waals surface area contributed by atoms with E-state index in [-0.39, 0.29) is 17.2 Å². The Balaban J connectivity index is 2.04. The van der Waals surface area contributed by atoms with Gasteiger partial charge in [-0.15, -0.1) is 0 Å². The van der Waals surface area contributed by atoms with Gasteiger partial charge in [0.1, 0.15) is 0 Å². The van der Waals surface area contributed by atoms with E-state index >= 15 is 0 Å². The van der Waals surface area contributed by atoms with Crippen molar-refractivity contribution in [2.75, 3.05) is 0 Å². The van der Waals surface area contributed by atoms with E-state index in [0.717, 1.165) is 5.52 Å². The zero-order valence-corrected chi connectivity index (χ0v) is 13.0. The minimum Gasteiger partial charge on any atom is -0.358 e. The maximum atomic E-state index is 11.7. The van der Waals surface area contributed by atoms with Crippen molar-refractivity contribution >= 4 is 28.3 Å². The van der Waals surface area contributed by atoms with Gasteiger partial charge in [0.2, 0.25) is 0 Å². The van der Waals surface area contributed by atoms with Gasteiger partial charge in [0.25, 0.3) is 5.69 Å². The van der Waals surface area contributed by atoms with Crippen LogP contribution in [0.25, 0.3) is 28.1 Å². The number of rotatable bonds is 3. The lowest BCUT2D eigenvalue weighted by molar-refractivity contribution is -0.389. The molecule has 2 heterocycles. The number of benzene rings is 2. The third-order valence-corrected chi connectivity index (χ3v) is 4.14. The molecule has 0 spiro atoms. The lowest BCUT2D eigenvalue weighted by Crippen LogP contribution is -1.95. The van der Waals surface area contributed by atoms with Crippen LogP contribution >= 0.6 is 0 Å². The van der Waals surface area contributed by atoms with Crippen molar-refractivity contribution in [2.45, 2.75) is 0 Å². The number of hydrogen-bond donors (Lipinski definition) is 0. The fraction of sp³-hybridized carbons (Fsp3) is 0.0625. The van der Waals surface area contributed by atoms with Gasteiger partial charge in [-0.3, -0.25) is 14.7 Å². The van der Waals surface area contributed by atoms with E-state index in [4.69, 9.17) is 0 Å². The highest BCUT2D eigenvalue weighted by Crippen LogP contribution is 2.34. The van der Waals surface area contributed by atoms with E-state index in [1.165, 1.54) is 28.7 Å². The topological polar surface area (TPSA) is 109 Å². The van der Waals surface area contributed by atoms with E-state index in [0.29, 0.717) is 16.9 Å². The Morgan fingerprint density at radius 3 is 2.16 bits per heavy atom. The lowest BCUT2D eigenvalue weighted by atomic mass is 10.1. The van der Waals surface area contributed by atoms with Gasteiger partial charge in [-0.05, 0) is 29.2 Å². The normalized spacial score (nSPS) is 11.2. The van der Waals surface area contributed by atoms with E-state index in [1.807, 2.05) is 12.1 Å². The smallest absolute Gasteiger partial charge is 0.357 e. The summed E-state index contributed by atoms with van der Waals surface area (Å²) in [6, 6.07) is 12.9. The second kappa shape index (κ2) is 5.13. The highest BCUT2D eigenvalue weighted by Gasteiger charge is 2.29. The fourth-order valence-electron chi connectivity index (χ4n) is 2.99. The molecule has 0 aliphatic rings. The van der Waals surface area contributed by atoms with Crippen LogP contribution in [0.2, 0.25) is 0 Å². The molecule has 0 saturated carbocycles. The molecule has 0 radical (unpaired) electrons. The number of hydrogen-bond acceptors (Lipinski definition) is 5. The summed E-state index contributed by atoms with van der Waals surface area (Å²) >= 11 is 0. The zero-order chi connectivity index (χ0) is 17.7. The van der Waals surface area contributed by atoms with Crippen LogP contribution in [0.15, 0.2) is 48.5 Å². The van der Waals surface area contributed by atoms with E-state index in [1.54, 1.807) is 23.7 Å². The van der Waals surface area contributed by atoms with Crippen molar-refractivity contribution in [1.29, 1.82) is 0 Å². The van der Waals surface area contributed by atoms with Gasteiger partial charge in [-0.25, -0.2) is 0 Å². The van der Waals surface area contributed by atoms with Crippen LogP contribution in [0.5, 0.6) is 0 Å². The van der Waals surface area contributed by atoms with Gasteiger partial charge >= 0.3 is 11.6 Å². The second-order valence-electron chi connectivity index (χ2n) is 5.53. The Morgan fingerprint density at radius 1 is 0.920 bits per heavy atom. The van der Waals surface area contributed by atoms with Crippen LogP contribution < -0.4 is 0 Å². The molecule has 2 aromatic heterocycles. The Labute approximate surface area is 140 Å². The minimum absolute atomic E-state index is 0.0828. The predicted molar refractivity (Wildman–Crippen MR) is 90.4 cm³/mol. The third kappa shape index (κ3) is 2.06. The molecule has 2 aromatic carbocycles. The molecule has 0 fully saturated rings. The minimum atomic E-state index is -0.518. The maximum Gasteiger partial charge on any atom is 0.357 e. The summed E-state index contributed by atoms with van der Waals surface area (Å²) in [5, 5.41) is 22.5. The van der Waals surface area contributed by atoms with Crippen LogP contribution in [0.4, 0.5) is 11.5 Å². The summed E-state index contributed by atoms with van der Waals surface area (Å²) in [5.41, 5.74) is 2.04. The number of imidazole rings is 2. The number of aromatic nitrogens is 3. The first-order valence-electron chi connectivity index (χ1n) is 7.34. The highest BCUT2D eigenvalue weighted by molar-refractivity contribution is 5.85. The maximum absolute atomic E-state index is 11.7. The van der Waals surface area contributed by atoms with Gasteiger partial charge in [-0.2, -0.15) is 9.38 Å². The molecule has 9 nitrogen and oxygen atoms in total. The SMILES string of the molecule is Cn1c2ccccc2n2c([N+](=O)[O-])c(-c3ccc([N+](=O)[O-])cc3)nc12. The first-order valence-corrected chi connectivity index (χ1v) is 7.34. The van der Waals surface area contributed by atoms with Gasteiger partial charge < -0.3 is 10.1 Å². The van der Waals surface area contributed by atoms with Gasteiger partial charge in [0.15, 0.2) is 11.2 Å². The number of para-hydroxylation sites is 2. The molecule has 0 N–H and O–H groups in total. The van der Waals surface area contributed by atoms with Crippen molar-refractivity contribution in [2.24, 2.45) is 7.05 Å². The molecular formula is C16H11N5O4. The second-order valence-corrected chi connectivity index (χ2v) is 5.53. The van der Waals surface area contributed by atoms with Crippen molar-refractivity contribution < 1.29 is 9.85 Å². The number of nitro benzene ring substituents is 1. The largest absolute Gasteiger partial charge is 0.358 e. The van der Waals surface area contributed by atoms with Gasteiger partial charge in [0.05, 0.1) is 10.4 Å². The first-order chi connectivity index (χ1) is 12.0. The summed E-state index contributed by atoms with van der Waals surface area (Å²) in [6.07, 6.45) is 0. The zero-order valence-electron chi connectivity index (χ0n) is 13.0. The van der Waals surface area contributed by atoms with Crippen molar-refractivity contribution in [1.82, 2.24) is 14.0 Å². The Morgan fingerprint density at radius 2 is 1.56 bits per heavy atom. The van der Waals surface area contributed by atoms with Gasteiger partial charge in [0, 0.05) is 24.7 Å². The fourth-order valence-corrected chi connectivity index (χ4v) is 2.99. The average molecular weight is 337 g/mol. The molecule has 4 aromatic rings. The predicted octanol–water partition coefficient (Wildman–Crippen LogP) is 3.31. The molecule has 0 bridgehead atoms. The molecule has 124 valence electrons. The summed E-state index contributed by atoms with van der Waals surface area (Å²) < 4.78 is 3.27. The number of fused-ring (bicyclic) bond motifs is 3. The van der Waals surface area contributed by atoms with Crippen molar-refractivity contribution in [3.05, 3.63) is 68.8 Å². The number of nitrogens with zero attached hydrogens (tertiary/aromatic N) is 5. The molecule has 9 heteroatoms. The average Bonchev–Trinajstić information content (AvgIpc) is 3.12. The van der Waals surface area contributed by atoms with Crippen LogP contribution in [0.1, 0.15) is 0 Å². The number of nitro groups is 2. The quantitative estimate of drug-likeness (QED) is 0.421. The Hall–Kier alpha value is -3.75. The summed E-state index contributed by atoms with van der Waals surface area (Å²) in [4.78, 5) is 25.9. The highest BCUT2D eigenvalue weighted by atomic mass is 16.6. The van der Waals surface area contributed by atoms with E-state index in [9.17, 15) is 20.2 Å². The number of aryl methyl sites for hydroxylation is 1. The third-order valence-electron chi connectivity index (χ3n) is 4.14. The monoisotopic (exact) mass is 337 g/mol. The molecule has 0 amide bonds. The molecule has 4 rings (SSSR count). The summed E-state index contributed by atoms with van der Waals surface area (Å²) in [5.74, 6) is 0.266. The standard InChI is InChI=1S/C16H11N5O4/c1-18-12-4-2-3-5-13(12)19-15(21(24)25)14(17-16(18)19)10-6-8-11(9-7-10)20(22)23/h2-9H,1H3. The van der Waals surface area contributed by atoms with Crippen LogP contribution in [-0.4, -0.2) is 23.8 Å². The summed E-state index contributed by atoms with van der Waals surface area (Å²) in [6.45, 7) is 0. The van der Waals surface area contributed by atoms with Crippen LogP contribution in [0, 0.1) is 20.2 Å². The molecular weight excluding hydrogens is 326 g/mol. The molecule has 25 heavy (non-hydrogen) atoms. The van der Waals surface area contributed by atoms with E-state index < -0.39 is 9.85 Å². The molecule has 0 aliphatic heterocycles.